The molecular weight excluding hydrogens is 276 g/mol. The van der Waals surface area contributed by atoms with Crippen LogP contribution in [-0.4, -0.2) is 48.8 Å². The van der Waals surface area contributed by atoms with Crippen LogP contribution in [0, 0.1) is 0 Å². The lowest BCUT2D eigenvalue weighted by Crippen LogP contribution is -2.37. The lowest BCUT2D eigenvalue weighted by molar-refractivity contribution is 0.0747. The van der Waals surface area contributed by atoms with E-state index >= 15 is 0 Å². The Kier molecular flexibility index (Phi) is 3.59. The summed E-state index contributed by atoms with van der Waals surface area (Å²) in [5, 5.41) is 0.317. The number of nitrogens with zero attached hydrogens (tertiary/aromatic N) is 2. The second kappa shape index (κ2) is 4.85. The standard InChI is InChI=1S/C11H13ClN2O3S/c1-14(9-4-5-18(16,17)7-9)11(15)8-2-3-10(12)13-6-8/h2-3,6,9H,4-5,7H2,1H3. The summed E-state index contributed by atoms with van der Waals surface area (Å²) < 4.78 is 22.8. The molecule has 1 fully saturated rings. The van der Waals surface area contributed by atoms with Crippen LogP contribution in [0.5, 0.6) is 0 Å². The van der Waals surface area contributed by atoms with Gasteiger partial charge in [-0.05, 0) is 18.6 Å². The number of hydrogen-bond donors (Lipinski definition) is 0. The Labute approximate surface area is 111 Å². The summed E-state index contributed by atoms with van der Waals surface area (Å²) in [5.74, 6) is -0.0500. The van der Waals surface area contributed by atoms with Crippen LogP contribution >= 0.6 is 11.6 Å². The van der Waals surface area contributed by atoms with E-state index in [-0.39, 0.29) is 23.5 Å². The summed E-state index contributed by atoms with van der Waals surface area (Å²) in [4.78, 5) is 17.4. The van der Waals surface area contributed by atoms with Gasteiger partial charge >= 0.3 is 0 Å². The molecule has 0 aromatic carbocycles. The van der Waals surface area contributed by atoms with Crippen molar-refractivity contribution >= 4 is 27.3 Å². The van der Waals surface area contributed by atoms with E-state index in [2.05, 4.69) is 4.98 Å². The largest absolute Gasteiger partial charge is 0.338 e. The molecule has 2 rings (SSSR count). The van der Waals surface area contributed by atoms with Crippen molar-refractivity contribution in [2.24, 2.45) is 0 Å². The first-order valence-corrected chi connectivity index (χ1v) is 7.68. The minimum atomic E-state index is -2.99. The van der Waals surface area contributed by atoms with Crippen LogP contribution < -0.4 is 0 Å². The molecule has 1 amide bonds. The monoisotopic (exact) mass is 288 g/mol. The van der Waals surface area contributed by atoms with Gasteiger partial charge in [0.05, 0.1) is 17.1 Å². The van der Waals surface area contributed by atoms with Crippen molar-refractivity contribution in [3.05, 3.63) is 29.0 Å². The highest BCUT2D eigenvalue weighted by Gasteiger charge is 2.33. The summed E-state index contributed by atoms with van der Waals surface area (Å²) in [6.45, 7) is 0. The SMILES string of the molecule is CN(C(=O)c1ccc(Cl)nc1)C1CCS(=O)(=O)C1. The Morgan fingerprint density at radius 1 is 1.50 bits per heavy atom. The van der Waals surface area contributed by atoms with Crippen LogP contribution in [-0.2, 0) is 9.84 Å². The molecule has 1 unspecified atom stereocenters. The Hall–Kier alpha value is -1.14. The van der Waals surface area contributed by atoms with Crippen LogP contribution in [0.15, 0.2) is 18.3 Å². The molecule has 5 nitrogen and oxygen atoms in total. The number of sulfone groups is 1. The zero-order valence-corrected chi connectivity index (χ0v) is 11.4. The van der Waals surface area contributed by atoms with Crippen molar-refractivity contribution in [1.29, 1.82) is 0 Å². The Bertz CT molecular complexity index is 556. The maximum Gasteiger partial charge on any atom is 0.255 e. The lowest BCUT2D eigenvalue weighted by Gasteiger charge is -2.23. The number of amides is 1. The molecule has 1 aliphatic heterocycles. The molecule has 1 aromatic rings. The van der Waals surface area contributed by atoms with Crippen molar-refractivity contribution in [2.75, 3.05) is 18.6 Å². The smallest absolute Gasteiger partial charge is 0.255 e. The minimum absolute atomic E-state index is 0.0380. The number of carbonyl (C=O) groups excluding carboxylic acids is 1. The molecule has 2 heterocycles. The average molecular weight is 289 g/mol. The first kappa shape index (κ1) is 13.3. The summed E-state index contributed by atoms with van der Waals surface area (Å²) in [6, 6.07) is 2.87. The van der Waals surface area contributed by atoms with E-state index in [4.69, 9.17) is 11.6 Å². The predicted octanol–water partition coefficient (Wildman–Crippen LogP) is 0.994. The normalized spacial score (nSPS) is 21.8. The predicted molar refractivity (Wildman–Crippen MR) is 68.4 cm³/mol. The third-order valence-electron chi connectivity index (χ3n) is 3.05. The maximum absolute atomic E-state index is 12.1. The van der Waals surface area contributed by atoms with Gasteiger partial charge in [0.25, 0.3) is 5.91 Å². The fraction of sp³-hybridized carbons (Fsp3) is 0.455. The molecule has 0 N–H and O–H groups in total. The Morgan fingerprint density at radius 3 is 2.72 bits per heavy atom. The van der Waals surface area contributed by atoms with Crippen molar-refractivity contribution in [3.63, 3.8) is 0 Å². The molecule has 0 radical (unpaired) electrons. The molecule has 0 saturated carbocycles. The van der Waals surface area contributed by atoms with Gasteiger partial charge in [-0.3, -0.25) is 4.79 Å². The molecule has 1 atom stereocenters. The highest BCUT2D eigenvalue weighted by molar-refractivity contribution is 7.91. The van der Waals surface area contributed by atoms with Crippen LogP contribution in [0.4, 0.5) is 0 Å². The summed E-state index contributed by atoms with van der Waals surface area (Å²) in [5.41, 5.74) is 0.409. The number of rotatable bonds is 2. The van der Waals surface area contributed by atoms with Gasteiger partial charge in [-0.15, -0.1) is 0 Å². The number of hydrogen-bond acceptors (Lipinski definition) is 4. The first-order chi connectivity index (χ1) is 8.39. The summed E-state index contributed by atoms with van der Waals surface area (Å²) in [7, 11) is -1.38. The van der Waals surface area contributed by atoms with Crippen molar-refractivity contribution in [1.82, 2.24) is 9.88 Å². The zero-order valence-electron chi connectivity index (χ0n) is 9.84. The summed E-state index contributed by atoms with van der Waals surface area (Å²) >= 11 is 5.65. The molecule has 0 bridgehead atoms. The molecule has 1 saturated heterocycles. The van der Waals surface area contributed by atoms with E-state index in [1.165, 1.54) is 17.2 Å². The molecule has 98 valence electrons. The van der Waals surface area contributed by atoms with E-state index in [1.54, 1.807) is 13.1 Å². The third-order valence-corrected chi connectivity index (χ3v) is 5.02. The van der Waals surface area contributed by atoms with E-state index in [9.17, 15) is 13.2 Å². The lowest BCUT2D eigenvalue weighted by atomic mass is 10.2. The quantitative estimate of drug-likeness (QED) is 0.761. The van der Waals surface area contributed by atoms with Crippen LogP contribution in [0.3, 0.4) is 0 Å². The van der Waals surface area contributed by atoms with Crippen molar-refractivity contribution in [2.45, 2.75) is 12.5 Å². The van der Waals surface area contributed by atoms with Crippen molar-refractivity contribution < 1.29 is 13.2 Å². The number of carbonyl (C=O) groups is 1. The van der Waals surface area contributed by atoms with E-state index < -0.39 is 9.84 Å². The molecule has 7 heteroatoms. The fourth-order valence-electron chi connectivity index (χ4n) is 1.95. The van der Waals surface area contributed by atoms with Gasteiger partial charge in [-0.2, -0.15) is 0 Å². The van der Waals surface area contributed by atoms with Gasteiger partial charge in [0.2, 0.25) is 0 Å². The third kappa shape index (κ3) is 2.81. The van der Waals surface area contributed by atoms with Crippen LogP contribution in [0.2, 0.25) is 5.15 Å². The van der Waals surface area contributed by atoms with Crippen molar-refractivity contribution in [3.8, 4) is 0 Å². The van der Waals surface area contributed by atoms with E-state index in [0.717, 1.165) is 0 Å². The van der Waals surface area contributed by atoms with Gasteiger partial charge < -0.3 is 4.90 Å². The first-order valence-electron chi connectivity index (χ1n) is 5.48. The topological polar surface area (TPSA) is 67.3 Å². The highest BCUT2D eigenvalue weighted by atomic mass is 35.5. The second-order valence-electron chi connectivity index (χ2n) is 4.34. The van der Waals surface area contributed by atoms with Gasteiger partial charge in [-0.25, -0.2) is 13.4 Å². The number of halogens is 1. The average Bonchev–Trinajstić information content (AvgIpc) is 2.69. The molecule has 0 spiro atoms. The number of aromatic nitrogens is 1. The van der Waals surface area contributed by atoms with E-state index in [1.807, 2.05) is 0 Å². The highest BCUT2D eigenvalue weighted by Crippen LogP contribution is 2.18. The van der Waals surface area contributed by atoms with E-state index in [0.29, 0.717) is 17.1 Å². The van der Waals surface area contributed by atoms with Gasteiger partial charge in [-0.1, -0.05) is 11.6 Å². The Balaban J connectivity index is 2.12. The van der Waals surface area contributed by atoms with Crippen LogP contribution in [0.25, 0.3) is 0 Å². The zero-order chi connectivity index (χ0) is 13.3. The van der Waals surface area contributed by atoms with Gasteiger partial charge in [0.1, 0.15) is 5.15 Å². The molecular formula is C11H13ClN2O3S. The summed E-state index contributed by atoms with van der Waals surface area (Å²) in [6.07, 6.45) is 1.89. The molecule has 0 aliphatic carbocycles. The van der Waals surface area contributed by atoms with Gasteiger partial charge in [0, 0.05) is 19.3 Å². The fourth-order valence-corrected chi connectivity index (χ4v) is 3.84. The second-order valence-corrected chi connectivity index (χ2v) is 6.96. The van der Waals surface area contributed by atoms with Crippen LogP contribution in [0.1, 0.15) is 16.8 Å². The number of pyridine rings is 1. The molecule has 1 aromatic heterocycles. The molecule has 1 aliphatic rings. The Morgan fingerprint density at radius 2 is 2.22 bits per heavy atom. The minimum Gasteiger partial charge on any atom is -0.338 e. The van der Waals surface area contributed by atoms with Gasteiger partial charge in [0.15, 0.2) is 9.84 Å². The molecule has 18 heavy (non-hydrogen) atoms. The maximum atomic E-state index is 12.1.